The minimum atomic E-state index is 0.361. The van der Waals surface area contributed by atoms with Gasteiger partial charge in [-0.3, -0.25) is 0 Å². The van der Waals surface area contributed by atoms with Crippen LogP contribution in [0.15, 0.2) is 25.3 Å². The maximum atomic E-state index is 3.69. The predicted molar refractivity (Wildman–Crippen MR) is 32.1 cm³/mol. The Labute approximate surface area is 44.5 Å². The van der Waals surface area contributed by atoms with Crippen LogP contribution in [0.3, 0.4) is 0 Å². The third-order valence-electron chi connectivity index (χ3n) is 1.64. The molecule has 0 aromatic heterocycles. The highest BCUT2D eigenvalue weighted by Crippen LogP contribution is 2.47. The second-order valence-electron chi connectivity index (χ2n) is 2.14. The van der Waals surface area contributed by atoms with Gasteiger partial charge in [0, 0.05) is 5.41 Å². The zero-order valence-electron chi connectivity index (χ0n) is 4.48. The van der Waals surface area contributed by atoms with Crippen molar-refractivity contribution >= 4 is 0 Å². The Kier molecular flexibility index (Phi) is 0.810. The van der Waals surface area contributed by atoms with Gasteiger partial charge in [0.15, 0.2) is 0 Å². The third-order valence-corrected chi connectivity index (χ3v) is 1.64. The van der Waals surface area contributed by atoms with Crippen molar-refractivity contribution in [2.45, 2.75) is 12.8 Å². The summed E-state index contributed by atoms with van der Waals surface area (Å²) in [5.41, 5.74) is 0.361. The van der Waals surface area contributed by atoms with Gasteiger partial charge in [0.2, 0.25) is 0 Å². The Morgan fingerprint density at radius 3 is 1.57 bits per heavy atom. The summed E-state index contributed by atoms with van der Waals surface area (Å²) in [6, 6.07) is 0. The van der Waals surface area contributed by atoms with Crippen molar-refractivity contribution in [3.8, 4) is 0 Å². The van der Waals surface area contributed by atoms with E-state index in [2.05, 4.69) is 13.2 Å². The molecule has 0 atom stereocenters. The molecule has 0 saturated heterocycles. The fraction of sp³-hybridized carbons (Fsp3) is 0.429. The van der Waals surface area contributed by atoms with Crippen LogP contribution in [0.25, 0.3) is 0 Å². The van der Waals surface area contributed by atoms with Gasteiger partial charge < -0.3 is 0 Å². The second-order valence-corrected chi connectivity index (χ2v) is 2.14. The van der Waals surface area contributed by atoms with Crippen LogP contribution < -0.4 is 0 Å². The molecule has 0 amide bonds. The molecule has 0 unspecified atom stereocenters. The minimum absolute atomic E-state index is 0.361. The van der Waals surface area contributed by atoms with Crippen LogP contribution in [0.4, 0.5) is 0 Å². The maximum absolute atomic E-state index is 3.69. The normalized spacial score (nSPS) is 23.4. The number of allylic oxidation sites excluding steroid dienone is 2. The smallest absolute Gasteiger partial charge is 0.00565 e. The van der Waals surface area contributed by atoms with E-state index in [1.807, 2.05) is 12.2 Å². The lowest BCUT2D eigenvalue weighted by Gasteiger charge is -1.94. The van der Waals surface area contributed by atoms with Gasteiger partial charge in [-0.1, -0.05) is 12.2 Å². The van der Waals surface area contributed by atoms with Crippen molar-refractivity contribution in [3.05, 3.63) is 25.3 Å². The second kappa shape index (κ2) is 1.22. The van der Waals surface area contributed by atoms with E-state index in [9.17, 15) is 0 Å². The quantitative estimate of drug-likeness (QED) is 0.460. The van der Waals surface area contributed by atoms with Crippen LogP contribution in [0.5, 0.6) is 0 Å². The van der Waals surface area contributed by atoms with Crippen LogP contribution in [0.2, 0.25) is 0 Å². The molecule has 0 N–H and O–H groups in total. The molecular formula is C7H10. The molecule has 1 aliphatic rings. The van der Waals surface area contributed by atoms with Gasteiger partial charge >= 0.3 is 0 Å². The number of rotatable bonds is 2. The molecule has 1 aliphatic carbocycles. The van der Waals surface area contributed by atoms with Gasteiger partial charge in [-0.15, -0.1) is 13.2 Å². The zero-order valence-corrected chi connectivity index (χ0v) is 4.48. The summed E-state index contributed by atoms with van der Waals surface area (Å²) in [5.74, 6) is 0. The Hall–Kier alpha value is -0.520. The molecule has 0 radical (unpaired) electrons. The molecule has 0 heterocycles. The van der Waals surface area contributed by atoms with Crippen LogP contribution >= 0.6 is 0 Å². The molecule has 7 heavy (non-hydrogen) atoms. The van der Waals surface area contributed by atoms with Crippen molar-refractivity contribution in [2.24, 2.45) is 5.41 Å². The lowest BCUT2D eigenvalue weighted by Crippen LogP contribution is -1.83. The average molecular weight is 94.2 g/mol. The van der Waals surface area contributed by atoms with E-state index in [1.54, 1.807) is 0 Å². The van der Waals surface area contributed by atoms with Gasteiger partial charge in [-0.2, -0.15) is 0 Å². The topological polar surface area (TPSA) is 0 Å². The first kappa shape index (κ1) is 4.63. The molecule has 1 saturated carbocycles. The Morgan fingerprint density at radius 2 is 1.57 bits per heavy atom. The van der Waals surface area contributed by atoms with Crippen LogP contribution in [0.1, 0.15) is 12.8 Å². The molecule has 0 bridgehead atoms. The molecule has 0 spiro atoms. The summed E-state index contributed by atoms with van der Waals surface area (Å²) in [6.07, 6.45) is 6.50. The van der Waals surface area contributed by atoms with E-state index in [0.29, 0.717) is 5.41 Å². The van der Waals surface area contributed by atoms with Gasteiger partial charge in [-0.25, -0.2) is 0 Å². The standard InChI is InChI=1S/C7H10/c1-3-7(4-2)5-6-7/h3-4H,1-2,5-6H2. The highest BCUT2D eigenvalue weighted by atomic mass is 14.4. The molecule has 1 rings (SSSR count). The Bertz CT molecular complexity index is 86.6. The lowest BCUT2D eigenvalue weighted by molar-refractivity contribution is 0.864. The summed E-state index contributed by atoms with van der Waals surface area (Å²) in [7, 11) is 0. The van der Waals surface area contributed by atoms with Crippen LogP contribution in [0, 0.1) is 5.41 Å². The molecule has 0 nitrogen and oxygen atoms in total. The molecule has 1 fully saturated rings. The lowest BCUT2D eigenvalue weighted by atomic mass is 10.1. The van der Waals surface area contributed by atoms with E-state index in [0.717, 1.165) is 0 Å². The van der Waals surface area contributed by atoms with E-state index in [-0.39, 0.29) is 0 Å². The highest BCUT2D eigenvalue weighted by Gasteiger charge is 2.35. The van der Waals surface area contributed by atoms with Crippen molar-refractivity contribution in [1.29, 1.82) is 0 Å². The summed E-state index contributed by atoms with van der Waals surface area (Å²) < 4.78 is 0. The van der Waals surface area contributed by atoms with E-state index < -0.39 is 0 Å². The first-order valence-corrected chi connectivity index (χ1v) is 2.60. The van der Waals surface area contributed by atoms with E-state index in [4.69, 9.17) is 0 Å². The number of hydrogen-bond donors (Lipinski definition) is 0. The SMILES string of the molecule is C=CC1(C=C)CC1. The number of hydrogen-bond acceptors (Lipinski definition) is 0. The fourth-order valence-electron chi connectivity index (χ4n) is 0.636. The summed E-state index contributed by atoms with van der Waals surface area (Å²) in [4.78, 5) is 0. The molecule has 0 aromatic rings. The Morgan fingerprint density at radius 1 is 1.14 bits per heavy atom. The van der Waals surface area contributed by atoms with Gasteiger partial charge in [-0.05, 0) is 12.8 Å². The van der Waals surface area contributed by atoms with Crippen molar-refractivity contribution in [1.82, 2.24) is 0 Å². The molecule has 0 aromatic carbocycles. The van der Waals surface area contributed by atoms with Gasteiger partial charge in [0.1, 0.15) is 0 Å². The molecule has 0 heteroatoms. The summed E-state index contributed by atoms with van der Waals surface area (Å²) in [6.45, 7) is 7.39. The average Bonchev–Trinajstić information content (AvgIpc) is 2.46. The fourth-order valence-corrected chi connectivity index (χ4v) is 0.636. The van der Waals surface area contributed by atoms with Gasteiger partial charge in [0.05, 0.1) is 0 Å². The first-order valence-electron chi connectivity index (χ1n) is 2.60. The first-order chi connectivity index (χ1) is 3.33. The van der Waals surface area contributed by atoms with E-state index >= 15 is 0 Å². The zero-order chi connectivity index (χ0) is 5.33. The van der Waals surface area contributed by atoms with Crippen LogP contribution in [-0.4, -0.2) is 0 Å². The third kappa shape index (κ3) is 0.604. The minimum Gasteiger partial charge on any atom is -0.102 e. The van der Waals surface area contributed by atoms with Crippen LogP contribution in [-0.2, 0) is 0 Å². The predicted octanol–water partition coefficient (Wildman–Crippen LogP) is 2.14. The molecule has 0 aliphatic heterocycles. The maximum Gasteiger partial charge on any atom is 0.00565 e. The van der Waals surface area contributed by atoms with Crippen molar-refractivity contribution in [2.75, 3.05) is 0 Å². The largest absolute Gasteiger partial charge is 0.102 e. The van der Waals surface area contributed by atoms with E-state index in [1.165, 1.54) is 12.8 Å². The van der Waals surface area contributed by atoms with Gasteiger partial charge in [0.25, 0.3) is 0 Å². The van der Waals surface area contributed by atoms with Crippen molar-refractivity contribution in [3.63, 3.8) is 0 Å². The van der Waals surface area contributed by atoms with Crippen molar-refractivity contribution < 1.29 is 0 Å². The molecular weight excluding hydrogens is 84.1 g/mol. The molecule has 38 valence electrons. The summed E-state index contributed by atoms with van der Waals surface area (Å²) >= 11 is 0. The Balaban J connectivity index is 2.58. The highest BCUT2D eigenvalue weighted by molar-refractivity contribution is 5.15. The monoisotopic (exact) mass is 94.1 g/mol. The summed E-state index contributed by atoms with van der Waals surface area (Å²) in [5, 5.41) is 0.